The van der Waals surface area contributed by atoms with Gasteiger partial charge in [-0.05, 0) is 44.1 Å². The summed E-state index contributed by atoms with van der Waals surface area (Å²) in [5, 5.41) is 0.476. The average Bonchev–Trinajstić information content (AvgIpc) is 3.09. The lowest BCUT2D eigenvalue weighted by Crippen LogP contribution is -2.52. The maximum Gasteiger partial charge on any atom is 0.255 e. The van der Waals surface area contributed by atoms with Gasteiger partial charge in [0.05, 0.1) is 12.1 Å². The van der Waals surface area contributed by atoms with Crippen molar-refractivity contribution in [3.8, 4) is 0 Å². The number of amides is 1. The zero-order chi connectivity index (χ0) is 18.3. The number of hydrogen-bond acceptors (Lipinski definition) is 3. The first kappa shape index (κ1) is 17.3. The molecule has 3 unspecified atom stereocenters. The maximum atomic E-state index is 13.4. The Labute approximate surface area is 159 Å². The third kappa shape index (κ3) is 2.93. The summed E-state index contributed by atoms with van der Waals surface area (Å²) in [7, 11) is 4.16. The van der Waals surface area contributed by atoms with Gasteiger partial charge >= 0.3 is 0 Å². The smallest absolute Gasteiger partial charge is 0.255 e. The molecule has 0 bridgehead atoms. The second kappa shape index (κ2) is 6.86. The van der Waals surface area contributed by atoms with Gasteiger partial charge in [0.25, 0.3) is 5.91 Å². The fourth-order valence-electron chi connectivity index (χ4n) is 4.20. The second-order valence-electron chi connectivity index (χ2n) is 7.19. The van der Waals surface area contributed by atoms with E-state index >= 15 is 0 Å². The van der Waals surface area contributed by atoms with E-state index < -0.39 is 0 Å². The lowest BCUT2D eigenvalue weighted by Gasteiger charge is -2.41. The van der Waals surface area contributed by atoms with Crippen molar-refractivity contribution in [2.45, 2.75) is 31.0 Å². The molecule has 0 saturated carbocycles. The van der Waals surface area contributed by atoms with Crippen LogP contribution in [-0.4, -0.2) is 46.9 Å². The molecule has 0 radical (unpaired) electrons. The summed E-state index contributed by atoms with van der Waals surface area (Å²) in [5.41, 5.74) is 2.81. The Bertz CT molecular complexity index is 832. The summed E-state index contributed by atoms with van der Waals surface area (Å²) in [5.74, 6) is 0.108. The molecule has 2 aromatic rings. The minimum absolute atomic E-state index is 0.0483. The number of aromatic nitrogens is 1. The van der Waals surface area contributed by atoms with E-state index in [0.29, 0.717) is 5.15 Å². The number of halogens is 1. The molecule has 26 heavy (non-hydrogen) atoms. The van der Waals surface area contributed by atoms with Crippen LogP contribution in [0.4, 0.5) is 0 Å². The lowest BCUT2D eigenvalue weighted by molar-refractivity contribution is -0.129. The van der Waals surface area contributed by atoms with Gasteiger partial charge in [0.1, 0.15) is 5.15 Å². The van der Waals surface area contributed by atoms with Gasteiger partial charge in [-0.15, -0.1) is 0 Å². The summed E-state index contributed by atoms with van der Waals surface area (Å²) >= 11 is 5.94. The molecule has 0 N–H and O–H groups in total. The van der Waals surface area contributed by atoms with Crippen LogP contribution in [0, 0.1) is 0 Å². The lowest BCUT2D eigenvalue weighted by atomic mass is 9.92. The van der Waals surface area contributed by atoms with Gasteiger partial charge in [0.15, 0.2) is 0 Å². The van der Waals surface area contributed by atoms with E-state index in [1.165, 1.54) is 0 Å². The van der Waals surface area contributed by atoms with Crippen LogP contribution in [-0.2, 0) is 4.79 Å². The van der Waals surface area contributed by atoms with Crippen LogP contribution in [0.5, 0.6) is 0 Å². The third-order valence-electron chi connectivity index (χ3n) is 5.44. The largest absolute Gasteiger partial charge is 0.327 e. The molecular weight excluding hydrogens is 346 g/mol. The predicted molar refractivity (Wildman–Crippen MR) is 104 cm³/mol. The molecule has 5 heteroatoms. The monoisotopic (exact) mass is 367 g/mol. The van der Waals surface area contributed by atoms with Crippen LogP contribution in [0.1, 0.15) is 30.0 Å². The molecule has 1 aromatic carbocycles. The Balaban J connectivity index is 1.76. The quantitative estimate of drug-likeness (QED) is 0.774. The molecular formula is C21H22ClN3O. The first-order valence-corrected chi connectivity index (χ1v) is 9.32. The Morgan fingerprint density at radius 2 is 1.88 bits per heavy atom. The molecule has 1 saturated heterocycles. The average molecular weight is 368 g/mol. The predicted octanol–water partition coefficient (Wildman–Crippen LogP) is 3.79. The summed E-state index contributed by atoms with van der Waals surface area (Å²) in [4.78, 5) is 21.9. The van der Waals surface area contributed by atoms with Crippen molar-refractivity contribution in [2.24, 2.45) is 0 Å². The summed E-state index contributed by atoms with van der Waals surface area (Å²) < 4.78 is 0. The van der Waals surface area contributed by atoms with E-state index in [0.717, 1.165) is 29.5 Å². The normalized spacial score (nSPS) is 25.4. The highest BCUT2D eigenvalue weighted by molar-refractivity contribution is 6.29. The van der Waals surface area contributed by atoms with Gasteiger partial charge in [-0.25, -0.2) is 4.98 Å². The summed E-state index contributed by atoms with van der Waals surface area (Å²) in [6, 6.07) is 14.2. The minimum atomic E-state index is 0.0483. The van der Waals surface area contributed by atoms with Crippen molar-refractivity contribution in [1.29, 1.82) is 0 Å². The highest BCUT2D eigenvalue weighted by Crippen LogP contribution is 2.43. The van der Waals surface area contributed by atoms with Crippen LogP contribution in [0.15, 0.2) is 54.7 Å². The molecule has 134 valence electrons. The number of pyridine rings is 1. The number of benzene rings is 1. The van der Waals surface area contributed by atoms with E-state index in [-0.39, 0.29) is 24.0 Å². The molecule has 2 aliphatic rings. The molecule has 0 spiro atoms. The van der Waals surface area contributed by atoms with Crippen molar-refractivity contribution in [3.63, 3.8) is 0 Å². The maximum absolute atomic E-state index is 13.4. The third-order valence-corrected chi connectivity index (χ3v) is 5.67. The van der Waals surface area contributed by atoms with Crippen LogP contribution in [0.2, 0.25) is 5.15 Å². The fraction of sp³-hybridized carbons (Fsp3) is 0.333. The van der Waals surface area contributed by atoms with Gasteiger partial charge in [-0.1, -0.05) is 54.1 Å². The van der Waals surface area contributed by atoms with Gasteiger partial charge < -0.3 is 9.80 Å². The van der Waals surface area contributed by atoms with E-state index in [9.17, 15) is 4.79 Å². The number of fused-ring (bicyclic) bond motifs is 1. The highest BCUT2D eigenvalue weighted by atomic mass is 35.5. The number of carbonyl (C=O) groups is 1. The Morgan fingerprint density at radius 3 is 2.54 bits per heavy atom. The molecule has 1 amide bonds. The van der Waals surface area contributed by atoms with E-state index in [2.05, 4.69) is 35.0 Å². The molecule has 3 atom stereocenters. The molecule has 2 aliphatic heterocycles. The SMILES string of the molecule is CN(C)C1C=C(c2ccccc2)C(=O)N2C(c3ccc(Cl)nc3)CCC12. The van der Waals surface area contributed by atoms with Crippen molar-refractivity contribution in [3.05, 3.63) is 71.0 Å². The number of likely N-dealkylation sites (N-methyl/N-ethyl adjacent to an activating group) is 1. The van der Waals surface area contributed by atoms with Crippen molar-refractivity contribution in [1.82, 2.24) is 14.8 Å². The molecule has 3 heterocycles. The van der Waals surface area contributed by atoms with E-state index in [1.54, 1.807) is 12.3 Å². The number of carbonyl (C=O) groups excluding carboxylic acids is 1. The topological polar surface area (TPSA) is 36.4 Å². The zero-order valence-corrected chi connectivity index (χ0v) is 15.7. The fourth-order valence-corrected chi connectivity index (χ4v) is 4.31. The first-order valence-electron chi connectivity index (χ1n) is 8.94. The summed E-state index contributed by atoms with van der Waals surface area (Å²) in [6.45, 7) is 0. The van der Waals surface area contributed by atoms with Gasteiger partial charge in [0.2, 0.25) is 0 Å². The molecule has 4 rings (SSSR count). The Hall–Kier alpha value is -2.17. The molecule has 1 aromatic heterocycles. The first-order chi connectivity index (χ1) is 12.6. The molecule has 0 aliphatic carbocycles. The molecule has 1 fully saturated rings. The van der Waals surface area contributed by atoms with Crippen LogP contribution in [0.25, 0.3) is 5.57 Å². The second-order valence-corrected chi connectivity index (χ2v) is 7.57. The van der Waals surface area contributed by atoms with Crippen LogP contribution >= 0.6 is 11.6 Å². The Kier molecular flexibility index (Phi) is 4.55. The Morgan fingerprint density at radius 1 is 1.12 bits per heavy atom. The van der Waals surface area contributed by atoms with Gasteiger partial charge in [-0.2, -0.15) is 0 Å². The van der Waals surface area contributed by atoms with Gasteiger partial charge in [-0.3, -0.25) is 4.79 Å². The summed E-state index contributed by atoms with van der Waals surface area (Å²) in [6.07, 6.45) is 5.87. The van der Waals surface area contributed by atoms with Crippen molar-refractivity contribution < 1.29 is 4.79 Å². The zero-order valence-electron chi connectivity index (χ0n) is 15.0. The highest BCUT2D eigenvalue weighted by Gasteiger charge is 2.45. The molecule has 4 nitrogen and oxygen atoms in total. The van der Waals surface area contributed by atoms with E-state index in [1.807, 2.05) is 36.4 Å². The van der Waals surface area contributed by atoms with Gasteiger partial charge in [0, 0.05) is 17.8 Å². The van der Waals surface area contributed by atoms with Crippen LogP contribution < -0.4 is 0 Å². The minimum Gasteiger partial charge on any atom is -0.327 e. The number of nitrogens with zero attached hydrogens (tertiary/aromatic N) is 3. The standard InChI is InChI=1S/C21H22ClN3O/c1-24(2)19-12-16(14-6-4-3-5-7-14)21(26)25-17(9-10-18(19)25)15-8-11-20(22)23-13-15/h3-8,11-13,17-19H,9-10H2,1-2H3. The number of hydrogen-bond donors (Lipinski definition) is 0. The van der Waals surface area contributed by atoms with E-state index in [4.69, 9.17) is 11.6 Å². The van der Waals surface area contributed by atoms with Crippen LogP contribution in [0.3, 0.4) is 0 Å². The van der Waals surface area contributed by atoms with Crippen molar-refractivity contribution in [2.75, 3.05) is 14.1 Å². The van der Waals surface area contributed by atoms with Crippen molar-refractivity contribution >= 4 is 23.1 Å². The number of rotatable bonds is 3.